The van der Waals surface area contributed by atoms with Crippen LogP contribution in [0.3, 0.4) is 0 Å². The van der Waals surface area contributed by atoms with E-state index >= 15 is 0 Å². The summed E-state index contributed by atoms with van der Waals surface area (Å²) in [7, 11) is 0. The van der Waals surface area contributed by atoms with Crippen LogP contribution in [0, 0.1) is 0 Å². The van der Waals surface area contributed by atoms with Gasteiger partial charge in [-0.3, -0.25) is 4.79 Å². The van der Waals surface area contributed by atoms with Gasteiger partial charge in [0.2, 0.25) is 5.91 Å². The van der Waals surface area contributed by atoms with Crippen LogP contribution in [0.1, 0.15) is 13.3 Å². The van der Waals surface area contributed by atoms with E-state index in [1.165, 1.54) is 6.92 Å². The number of carbonyl (C=O) groups is 1. The molecule has 1 aromatic rings. The Morgan fingerprint density at radius 3 is 2.94 bits per heavy atom. The van der Waals surface area contributed by atoms with E-state index < -0.39 is 0 Å². The minimum atomic E-state index is -0.0318. The number of carbonyl (C=O) groups excluding carboxylic acids is 1. The minimum Gasteiger partial charge on any atom is -0.367 e. The van der Waals surface area contributed by atoms with E-state index in [1.54, 1.807) is 0 Å². The predicted molar refractivity (Wildman–Crippen MR) is 66.7 cm³/mol. The summed E-state index contributed by atoms with van der Waals surface area (Å²) in [6.45, 7) is 3.51. The van der Waals surface area contributed by atoms with Crippen molar-refractivity contribution in [3.05, 3.63) is 36.4 Å². The first-order valence-electron chi connectivity index (χ1n) is 5.53. The number of hydrogen-bond donors (Lipinski definition) is 1. The highest BCUT2D eigenvalue weighted by molar-refractivity contribution is 5.89. The van der Waals surface area contributed by atoms with Crippen molar-refractivity contribution in [1.29, 1.82) is 0 Å². The molecule has 3 nitrogen and oxygen atoms in total. The van der Waals surface area contributed by atoms with Gasteiger partial charge in [-0.1, -0.05) is 18.2 Å². The van der Waals surface area contributed by atoms with Gasteiger partial charge in [-0.05, 0) is 24.6 Å². The van der Waals surface area contributed by atoms with Gasteiger partial charge in [0.1, 0.15) is 0 Å². The van der Waals surface area contributed by atoms with Gasteiger partial charge in [-0.25, -0.2) is 0 Å². The van der Waals surface area contributed by atoms with Gasteiger partial charge >= 0.3 is 0 Å². The molecule has 1 amide bonds. The van der Waals surface area contributed by atoms with Crippen molar-refractivity contribution in [2.45, 2.75) is 13.3 Å². The predicted octanol–water partition coefficient (Wildman–Crippen LogP) is 2.41. The van der Waals surface area contributed by atoms with Crippen LogP contribution in [0.2, 0.25) is 0 Å². The molecule has 0 radical (unpaired) electrons. The third-order valence-electron chi connectivity index (χ3n) is 2.59. The molecule has 0 spiro atoms. The zero-order chi connectivity index (χ0) is 11.4. The van der Waals surface area contributed by atoms with E-state index in [4.69, 9.17) is 0 Å². The van der Waals surface area contributed by atoms with Gasteiger partial charge < -0.3 is 10.2 Å². The molecular formula is C13H16N2O. The average molecular weight is 216 g/mol. The Labute approximate surface area is 95.8 Å². The molecule has 0 unspecified atom stereocenters. The van der Waals surface area contributed by atoms with Crippen LogP contribution in [0.4, 0.5) is 11.4 Å². The number of rotatable bonds is 2. The van der Waals surface area contributed by atoms with Crippen LogP contribution in [0.5, 0.6) is 0 Å². The Morgan fingerprint density at radius 1 is 1.38 bits per heavy atom. The SMILES string of the molecule is CC(=O)Nc1cccc(N2CC=CCC2)c1. The zero-order valence-corrected chi connectivity index (χ0v) is 9.44. The lowest BCUT2D eigenvalue weighted by Gasteiger charge is -2.26. The van der Waals surface area contributed by atoms with Gasteiger partial charge in [0.05, 0.1) is 0 Å². The van der Waals surface area contributed by atoms with Gasteiger partial charge in [0, 0.05) is 31.4 Å². The number of nitrogens with one attached hydrogen (secondary N) is 1. The summed E-state index contributed by atoms with van der Waals surface area (Å²) < 4.78 is 0. The highest BCUT2D eigenvalue weighted by atomic mass is 16.1. The number of nitrogens with zero attached hydrogens (tertiary/aromatic N) is 1. The van der Waals surface area contributed by atoms with Crippen molar-refractivity contribution in [1.82, 2.24) is 0 Å². The molecule has 0 atom stereocenters. The lowest BCUT2D eigenvalue weighted by atomic mass is 10.2. The smallest absolute Gasteiger partial charge is 0.221 e. The quantitative estimate of drug-likeness (QED) is 0.770. The molecule has 1 heterocycles. The summed E-state index contributed by atoms with van der Waals surface area (Å²) in [6, 6.07) is 7.97. The number of benzene rings is 1. The first-order valence-corrected chi connectivity index (χ1v) is 5.53. The largest absolute Gasteiger partial charge is 0.367 e. The second-order valence-electron chi connectivity index (χ2n) is 3.94. The fourth-order valence-corrected chi connectivity index (χ4v) is 1.86. The third-order valence-corrected chi connectivity index (χ3v) is 2.59. The van der Waals surface area contributed by atoms with Crippen LogP contribution in [0.15, 0.2) is 36.4 Å². The lowest BCUT2D eigenvalue weighted by Crippen LogP contribution is -2.26. The maximum atomic E-state index is 11.0. The zero-order valence-electron chi connectivity index (χ0n) is 9.44. The first-order chi connectivity index (χ1) is 7.75. The van der Waals surface area contributed by atoms with E-state index in [0.717, 1.165) is 30.9 Å². The molecule has 0 aliphatic carbocycles. The summed E-state index contributed by atoms with van der Waals surface area (Å²) in [4.78, 5) is 13.3. The molecule has 1 N–H and O–H groups in total. The fraction of sp³-hybridized carbons (Fsp3) is 0.308. The van der Waals surface area contributed by atoms with Gasteiger partial charge in [0.25, 0.3) is 0 Å². The molecular weight excluding hydrogens is 200 g/mol. The van der Waals surface area contributed by atoms with Crippen LogP contribution in [-0.2, 0) is 4.79 Å². The highest BCUT2D eigenvalue weighted by Crippen LogP contribution is 2.21. The summed E-state index contributed by atoms with van der Waals surface area (Å²) in [6.07, 6.45) is 5.47. The van der Waals surface area contributed by atoms with Gasteiger partial charge in [-0.2, -0.15) is 0 Å². The molecule has 1 aliphatic rings. The summed E-state index contributed by atoms with van der Waals surface area (Å²) in [5, 5.41) is 2.80. The van der Waals surface area contributed by atoms with Crippen molar-refractivity contribution in [2.24, 2.45) is 0 Å². The van der Waals surface area contributed by atoms with Crippen molar-refractivity contribution < 1.29 is 4.79 Å². The van der Waals surface area contributed by atoms with Gasteiger partial charge in [-0.15, -0.1) is 0 Å². The monoisotopic (exact) mass is 216 g/mol. The molecule has 16 heavy (non-hydrogen) atoms. The fourth-order valence-electron chi connectivity index (χ4n) is 1.86. The molecule has 0 bridgehead atoms. The molecule has 3 heteroatoms. The molecule has 1 aromatic carbocycles. The van der Waals surface area contributed by atoms with E-state index in [-0.39, 0.29) is 5.91 Å². The Balaban J connectivity index is 2.14. The minimum absolute atomic E-state index is 0.0318. The lowest BCUT2D eigenvalue weighted by molar-refractivity contribution is -0.114. The molecule has 2 rings (SSSR count). The molecule has 84 valence electrons. The van der Waals surface area contributed by atoms with Gasteiger partial charge in [0.15, 0.2) is 0 Å². The maximum absolute atomic E-state index is 11.0. The van der Waals surface area contributed by atoms with Crippen LogP contribution >= 0.6 is 0 Å². The Bertz CT molecular complexity index is 412. The molecule has 0 saturated heterocycles. The van der Waals surface area contributed by atoms with E-state index in [0.29, 0.717) is 0 Å². The number of anilines is 2. The van der Waals surface area contributed by atoms with Crippen molar-refractivity contribution in [3.8, 4) is 0 Å². The molecule has 0 fully saturated rings. The molecule has 1 aliphatic heterocycles. The summed E-state index contributed by atoms with van der Waals surface area (Å²) in [5.74, 6) is -0.0318. The highest BCUT2D eigenvalue weighted by Gasteiger charge is 2.07. The first kappa shape index (κ1) is 10.7. The molecule has 0 aromatic heterocycles. The normalized spacial score (nSPS) is 14.9. The Hall–Kier alpha value is -1.77. The molecule has 0 saturated carbocycles. The average Bonchev–Trinajstić information content (AvgIpc) is 2.30. The van der Waals surface area contributed by atoms with Crippen LogP contribution < -0.4 is 10.2 Å². The topological polar surface area (TPSA) is 32.3 Å². The van der Waals surface area contributed by atoms with Crippen molar-refractivity contribution >= 4 is 17.3 Å². The van der Waals surface area contributed by atoms with E-state index in [2.05, 4.69) is 28.4 Å². The second-order valence-corrected chi connectivity index (χ2v) is 3.94. The Kier molecular flexibility index (Phi) is 3.25. The number of amides is 1. The van der Waals surface area contributed by atoms with E-state index in [1.807, 2.05) is 18.2 Å². The number of hydrogen-bond acceptors (Lipinski definition) is 2. The van der Waals surface area contributed by atoms with Crippen molar-refractivity contribution in [2.75, 3.05) is 23.3 Å². The second kappa shape index (κ2) is 4.84. The third kappa shape index (κ3) is 2.63. The summed E-state index contributed by atoms with van der Waals surface area (Å²) >= 11 is 0. The summed E-state index contributed by atoms with van der Waals surface area (Å²) in [5.41, 5.74) is 2.02. The van der Waals surface area contributed by atoms with Crippen LogP contribution in [-0.4, -0.2) is 19.0 Å². The standard InChI is InChI=1S/C13H16N2O/c1-11(16)14-12-6-5-7-13(10-12)15-8-3-2-4-9-15/h2-3,5-7,10H,4,8-9H2,1H3,(H,14,16). The van der Waals surface area contributed by atoms with E-state index in [9.17, 15) is 4.79 Å². The van der Waals surface area contributed by atoms with Crippen LogP contribution in [0.25, 0.3) is 0 Å². The Morgan fingerprint density at radius 2 is 2.25 bits per heavy atom. The maximum Gasteiger partial charge on any atom is 0.221 e. The van der Waals surface area contributed by atoms with Crippen molar-refractivity contribution in [3.63, 3.8) is 0 Å².